The minimum atomic E-state index is -2.71. The molecule has 4 aromatic rings. The molecule has 3 fully saturated rings. The number of aromatic amines is 1. The molecule has 1 aromatic heterocycles. The number of nitrogens with two attached hydrogens (primary N) is 1. The number of amides is 14. The van der Waals surface area contributed by atoms with E-state index in [0.717, 1.165) is 18.7 Å². The lowest BCUT2D eigenvalue weighted by Gasteiger charge is -2.31. The Balaban J connectivity index is 1.31. The number of nitrogens with zero attached hydrogens (tertiary/aromatic N) is 1. The SMILES string of the molecule is CC(=O)NC(C(=O)N[C@@H](C)C(=O)NC(C(=O)N[C@@H](CCCNC(=N)N)C(=O)N[C@H]1CCCCNC(=O)[C@H](O)C(C(=O)N[C@@H](Cc2ccc(O)cc2)C(=O)O)NC(=O)C2CCC(=O)OC[C@H](NC(=O)C3CCCN3C(=O)[C@H](Cc3ccc(O)cc3)NC1=O)C(=O)N[C@@H](CC(=O)O)C(=O)N[C@H](Cc1c[nH]c3ccccc13)C(=O)N2)[C@@H](C)O)[C@@H](C)O. The van der Waals surface area contributed by atoms with Gasteiger partial charge in [-0.25, -0.2) is 4.79 Å². The van der Waals surface area contributed by atoms with Crippen molar-refractivity contribution in [1.29, 1.82) is 5.41 Å². The maximum atomic E-state index is 15.4. The van der Waals surface area contributed by atoms with E-state index >= 15 is 14.4 Å². The number of para-hydroxylation sites is 1. The smallest absolute Gasteiger partial charge is 0.326 e. The first-order valence-electron chi connectivity index (χ1n) is 37.9. The van der Waals surface area contributed by atoms with Crippen molar-refractivity contribution in [2.75, 3.05) is 26.2 Å². The molecule has 16 atom stereocenters. The summed E-state index contributed by atoms with van der Waals surface area (Å²) in [6.45, 7) is 2.55. The number of fused-ring (bicyclic) bond motifs is 8. The fraction of sp³-hybridized carbons (Fsp3) is 0.493. The number of aliphatic hydroxyl groups is 3. The van der Waals surface area contributed by atoms with E-state index in [0.29, 0.717) is 16.5 Å². The molecule has 5 unspecified atom stereocenters. The average Bonchev–Trinajstić information content (AvgIpc) is 1.60. The second kappa shape index (κ2) is 43.6. The van der Waals surface area contributed by atoms with Crippen molar-refractivity contribution < 1.29 is 122 Å². The van der Waals surface area contributed by atoms with Gasteiger partial charge >= 0.3 is 17.9 Å². The van der Waals surface area contributed by atoms with Gasteiger partial charge in [0, 0.05) is 69.3 Å². The molecule has 640 valence electrons. The number of hydrogen-bond acceptors (Lipinski definition) is 24. The van der Waals surface area contributed by atoms with E-state index in [2.05, 4.69) is 79.4 Å². The number of phenols is 2. The van der Waals surface area contributed by atoms with E-state index in [9.17, 15) is 103 Å². The molecule has 3 aromatic carbocycles. The number of aromatic nitrogens is 1. The van der Waals surface area contributed by atoms with Gasteiger partial charge < -0.3 is 131 Å². The number of benzene rings is 3. The van der Waals surface area contributed by atoms with E-state index in [1.807, 2.05) is 0 Å². The van der Waals surface area contributed by atoms with Gasteiger partial charge in [-0.3, -0.25) is 82.1 Å². The summed E-state index contributed by atoms with van der Waals surface area (Å²) in [4.78, 5) is 245. The van der Waals surface area contributed by atoms with Gasteiger partial charge in [-0.05, 0) is 119 Å². The summed E-state index contributed by atoms with van der Waals surface area (Å²) in [5.41, 5.74) is 6.91. The lowest BCUT2D eigenvalue weighted by atomic mass is 10.0. The third-order valence-corrected chi connectivity index (χ3v) is 19.5. The van der Waals surface area contributed by atoms with Gasteiger partial charge in [-0.15, -0.1) is 0 Å². The number of esters is 1. The number of hydrogen-bond donors (Lipinski definition) is 24. The van der Waals surface area contributed by atoms with Gasteiger partial charge in [0.2, 0.25) is 76.8 Å². The molecule has 25 N–H and O–H groups in total. The third kappa shape index (κ3) is 27.3. The molecule has 118 heavy (non-hydrogen) atoms. The molecule has 0 aliphatic carbocycles. The average molecular weight is 1650 g/mol. The number of guanidine groups is 1. The van der Waals surface area contributed by atoms with Crippen LogP contribution in [0.3, 0.4) is 0 Å². The first-order chi connectivity index (χ1) is 55.9. The van der Waals surface area contributed by atoms with E-state index in [1.165, 1.54) is 68.6 Å². The van der Waals surface area contributed by atoms with Crippen LogP contribution in [-0.4, -0.2) is 275 Å². The second-order valence-electron chi connectivity index (χ2n) is 28.7. The van der Waals surface area contributed by atoms with Crippen molar-refractivity contribution in [2.45, 2.75) is 208 Å². The fourth-order valence-electron chi connectivity index (χ4n) is 13.1. The molecule has 43 heteroatoms. The number of carboxylic acid groups (broad SMARTS) is 2. The van der Waals surface area contributed by atoms with Crippen LogP contribution in [-0.2, 0) is 106 Å². The lowest BCUT2D eigenvalue weighted by Crippen LogP contribution is -2.63. The normalized spacial score (nSPS) is 22.8. The molecule has 43 nitrogen and oxygen atoms in total. The molecule has 3 aliphatic rings. The van der Waals surface area contributed by atoms with Crippen LogP contribution < -0.4 is 80.2 Å². The molecular weight excluding hydrogens is 1550 g/mol. The minimum Gasteiger partial charge on any atom is -0.508 e. The number of aliphatic carboxylic acids is 2. The summed E-state index contributed by atoms with van der Waals surface area (Å²) < 4.78 is 5.50. The van der Waals surface area contributed by atoms with Crippen LogP contribution in [0.25, 0.3) is 10.9 Å². The number of carbonyl (C=O) groups is 17. The summed E-state index contributed by atoms with van der Waals surface area (Å²) in [7, 11) is 0. The van der Waals surface area contributed by atoms with Gasteiger partial charge in [0.15, 0.2) is 12.1 Å². The van der Waals surface area contributed by atoms with E-state index in [4.69, 9.17) is 15.9 Å². The van der Waals surface area contributed by atoms with Crippen LogP contribution in [0, 0.1) is 5.41 Å². The first-order valence-corrected chi connectivity index (χ1v) is 37.9. The zero-order valence-electron chi connectivity index (χ0n) is 64.8. The second-order valence-corrected chi connectivity index (χ2v) is 28.7. The Morgan fingerprint density at radius 1 is 0.619 bits per heavy atom. The minimum absolute atomic E-state index is 0.0771. The highest BCUT2D eigenvalue weighted by Gasteiger charge is 2.44. The van der Waals surface area contributed by atoms with E-state index in [-0.39, 0.29) is 74.2 Å². The molecule has 4 heterocycles. The van der Waals surface area contributed by atoms with Crippen molar-refractivity contribution in [3.8, 4) is 11.5 Å². The Hall–Kier alpha value is -13.1. The van der Waals surface area contributed by atoms with Crippen molar-refractivity contribution >= 4 is 117 Å². The van der Waals surface area contributed by atoms with Crippen LogP contribution in [0.4, 0.5) is 0 Å². The number of H-pyrrole nitrogens is 1. The van der Waals surface area contributed by atoms with Gasteiger partial charge in [0.1, 0.15) is 96.6 Å². The quantitative estimate of drug-likeness (QED) is 0.0120. The number of rotatable bonds is 26. The molecule has 3 saturated heterocycles. The Labute approximate surface area is 673 Å². The van der Waals surface area contributed by atoms with Gasteiger partial charge in [0.25, 0.3) is 5.91 Å². The maximum absolute atomic E-state index is 15.4. The highest BCUT2D eigenvalue weighted by molar-refractivity contribution is 6.02. The number of nitrogens with one attached hydrogen (secondary N) is 16. The Morgan fingerprint density at radius 3 is 1.87 bits per heavy atom. The molecule has 3 aliphatic heterocycles. The molecule has 14 amide bonds. The van der Waals surface area contributed by atoms with Crippen molar-refractivity contribution in [3.05, 3.63) is 95.7 Å². The zero-order chi connectivity index (χ0) is 86.8. The highest BCUT2D eigenvalue weighted by atomic mass is 16.5. The number of carbonyl (C=O) groups excluding carboxylic acids is 15. The highest BCUT2D eigenvalue weighted by Crippen LogP contribution is 2.24. The summed E-state index contributed by atoms with van der Waals surface area (Å²) in [6.07, 6.45) is -10.2. The van der Waals surface area contributed by atoms with Gasteiger partial charge in [-0.2, -0.15) is 0 Å². The predicted octanol–water partition coefficient (Wildman–Crippen LogP) is -6.96. The Kier molecular flexibility index (Phi) is 34.0. The molecule has 0 saturated carbocycles. The van der Waals surface area contributed by atoms with Crippen LogP contribution in [0.5, 0.6) is 11.5 Å². The molecular formula is C75H100N18O25. The number of ether oxygens (including phenoxy) is 1. The van der Waals surface area contributed by atoms with Gasteiger partial charge in [0.05, 0.1) is 18.6 Å². The lowest BCUT2D eigenvalue weighted by molar-refractivity contribution is -0.148. The zero-order valence-corrected chi connectivity index (χ0v) is 64.8. The number of phenolic OH excluding ortho intramolecular Hbond substituents is 2. The third-order valence-electron chi connectivity index (χ3n) is 19.5. The standard InChI is InChI=1S/C75H100N18O25/c1-35(81-69(111)57(36(2)94)82-38(4)96)61(103)91-58(37(3)95)70(112)85-47(14-9-27-79-75(76)77)62(104)83-46-13-7-8-26-78-72(114)60(102)59(71(113)89-52(74(116)117)30-40-18-22-43(98)23-19-40)92-64(106)48-24-25-56(101)118-34-53(90-68(110)54-15-10-28-93(54)73(115)51(88-63(46)105)29-39-16-20-42(97)21-17-39)67(109)87-50(32-55(99)100)66(108)86-49(65(107)84-48)31-41-33-80-45-12-6-5-11-44(41)45/h5-6,11-12,16-23,33,35-37,46-54,57-60,80,94-95,97-98,102H,7-10,13-15,24-32,34H2,1-4H3,(H,78,114)(H,81,111)(H,82,96)(H,83,104)(H,84,107)(H,85,112)(H,86,108)(H,87,109)(H,88,105)(H,89,113)(H,90,110)(H,91,103)(H,92,106)(H,99,100)(H,116,117)(H4,76,77,79)/t35-,36+,37+,46-,47-,48?,49+,50-,51-,52-,53-,54?,57?,58?,59?,60+/m0/s1. The maximum Gasteiger partial charge on any atom is 0.326 e. The molecule has 0 radical (unpaired) electrons. The van der Waals surface area contributed by atoms with Gasteiger partial charge in [-0.1, -0.05) is 42.5 Å². The summed E-state index contributed by atoms with van der Waals surface area (Å²) >= 11 is 0. The largest absolute Gasteiger partial charge is 0.508 e. The van der Waals surface area contributed by atoms with Crippen LogP contribution >= 0.6 is 0 Å². The number of carboxylic acids is 2. The van der Waals surface area contributed by atoms with Crippen LogP contribution in [0.2, 0.25) is 0 Å². The Morgan fingerprint density at radius 2 is 1.23 bits per heavy atom. The summed E-state index contributed by atoms with van der Waals surface area (Å²) in [5.74, 6) is -22.5. The Bertz CT molecular complexity index is 4350. The van der Waals surface area contributed by atoms with Crippen LogP contribution in [0.1, 0.15) is 109 Å². The predicted molar refractivity (Wildman–Crippen MR) is 410 cm³/mol. The fourth-order valence-corrected chi connectivity index (χ4v) is 13.1. The monoisotopic (exact) mass is 1650 g/mol. The summed E-state index contributed by atoms with van der Waals surface area (Å²) in [5, 5.41) is 115. The number of aromatic hydroxyl groups is 2. The summed E-state index contributed by atoms with van der Waals surface area (Å²) in [6, 6.07) is -7.38. The van der Waals surface area contributed by atoms with E-state index in [1.54, 1.807) is 24.3 Å². The first kappa shape index (κ1) is 92.1. The molecule has 7 rings (SSSR count). The topological polar surface area (TPSA) is 678 Å². The van der Waals surface area contributed by atoms with Crippen molar-refractivity contribution in [1.82, 2.24) is 84.3 Å². The molecule has 0 spiro atoms. The van der Waals surface area contributed by atoms with Crippen molar-refractivity contribution in [2.24, 2.45) is 5.73 Å². The van der Waals surface area contributed by atoms with Crippen LogP contribution in [0.15, 0.2) is 79.0 Å². The van der Waals surface area contributed by atoms with Crippen molar-refractivity contribution in [3.63, 3.8) is 0 Å². The number of aliphatic hydroxyl groups excluding tert-OH is 3. The molecule has 2 bridgehead atoms. The van der Waals surface area contributed by atoms with E-state index < -0.39 is 262 Å².